The van der Waals surface area contributed by atoms with Crippen LogP contribution in [-0.4, -0.2) is 66.4 Å². The van der Waals surface area contributed by atoms with E-state index in [0.29, 0.717) is 32.6 Å². The number of carbonyl (C=O) groups excluding carboxylic acids is 2. The molecule has 0 radical (unpaired) electrons. The SMILES string of the molecule is CC(=O)N1CCCN(Cc2cccnc2)CCCN(C(=O)CCN(C)c2ccc(F)cc2)Cc2ccccc21. The van der Waals surface area contributed by atoms with Crippen molar-refractivity contribution in [3.63, 3.8) is 0 Å². The standard InChI is InChI=1S/C31H38FN5O2/c1-25(38)37-20-7-18-35(23-26-8-5-16-33-22-26)17-6-19-36(24-27-9-3-4-10-30(27)37)31(39)15-21-34(2)29-13-11-28(32)12-14-29/h3-5,8-14,16,22H,6-7,15,17-21,23-24H2,1-2H3. The van der Waals surface area contributed by atoms with E-state index in [1.54, 1.807) is 25.3 Å². The van der Waals surface area contributed by atoms with Gasteiger partial charge in [-0.3, -0.25) is 19.5 Å². The Bertz CT molecular complexity index is 1220. The summed E-state index contributed by atoms with van der Waals surface area (Å²) in [6.45, 7) is 6.28. The molecule has 206 valence electrons. The summed E-state index contributed by atoms with van der Waals surface area (Å²) < 4.78 is 13.3. The molecule has 1 aliphatic rings. The van der Waals surface area contributed by atoms with Gasteiger partial charge in [-0.15, -0.1) is 0 Å². The van der Waals surface area contributed by atoms with E-state index in [0.717, 1.165) is 55.0 Å². The smallest absolute Gasteiger partial charge is 0.224 e. The van der Waals surface area contributed by atoms with Crippen molar-refractivity contribution in [3.8, 4) is 0 Å². The van der Waals surface area contributed by atoms with Crippen LogP contribution in [-0.2, 0) is 22.7 Å². The molecule has 0 unspecified atom stereocenters. The van der Waals surface area contributed by atoms with E-state index >= 15 is 0 Å². The quantitative estimate of drug-likeness (QED) is 0.461. The lowest BCUT2D eigenvalue weighted by Gasteiger charge is -2.31. The van der Waals surface area contributed by atoms with Crippen molar-refractivity contribution in [1.29, 1.82) is 0 Å². The van der Waals surface area contributed by atoms with Gasteiger partial charge in [-0.05, 0) is 60.4 Å². The number of hydrogen-bond acceptors (Lipinski definition) is 5. The van der Waals surface area contributed by atoms with Crippen LogP contribution < -0.4 is 9.80 Å². The molecule has 0 bridgehead atoms. The van der Waals surface area contributed by atoms with Gasteiger partial charge in [0.05, 0.1) is 0 Å². The largest absolute Gasteiger partial charge is 0.374 e. The number of fused-ring (bicyclic) bond motifs is 1. The van der Waals surface area contributed by atoms with Crippen LogP contribution in [0, 0.1) is 5.82 Å². The third-order valence-corrected chi connectivity index (χ3v) is 7.19. The number of rotatable bonds is 6. The molecule has 0 atom stereocenters. The van der Waals surface area contributed by atoms with Crippen molar-refractivity contribution in [1.82, 2.24) is 14.8 Å². The number of hydrogen-bond donors (Lipinski definition) is 0. The number of halogens is 1. The average Bonchev–Trinajstić information content (AvgIpc) is 2.93. The Hall–Kier alpha value is -3.78. The molecule has 3 aromatic rings. The summed E-state index contributed by atoms with van der Waals surface area (Å²) in [5.41, 5.74) is 3.85. The molecule has 0 N–H and O–H groups in total. The molecule has 1 aliphatic heterocycles. The Labute approximate surface area is 230 Å². The first-order valence-corrected chi connectivity index (χ1v) is 13.6. The summed E-state index contributed by atoms with van der Waals surface area (Å²) in [5.74, 6) is -0.223. The zero-order valence-electron chi connectivity index (χ0n) is 22.9. The number of pyridine rings is 1. The lowest BCUT2D eigenvalue weighted by molar-refractivity contribution is -0.131. The Morgan fingerprint density at radius 3 is 2.41 bits per heavy atom. The Kier molecular flexibility index (Phi) is 10.0. The Morgan fingerprint density at radius 2 is 1.69 bits per heavy atom. The van der Waals surface area contributed by atoms with Crippen LogP contribution in [0.2, 0.25) is 0 Å². The highest BCUT2D eigenvalue weighted by molar-refractivity contribution is 5.92. The number of aromatic nitrogens is 1. The molecular formula is C31H38FN5O2. The van der Waals surface area contributed by atoms with Crippen LogP contribution in [0.25, 0.3) is 0 Å². The van der Waals surface area contributed by atoms with E-state index in [4.69, 9.17) is 0 Å². The third kappa shape index (κ3) is 8.10. The fourth-order valence-electron chi connectivity index (χ4n) is 5.06. The van der Waals surface area contributed by atoms with Gasteiger partial charge in [0.15, 0.2) is 0 Å². The van der Waals surface area contributed by atoms with Crippen LogP contribution in [0.1, 0.15) is 37.3 Å². The molecule has 0 aliphatic carbocycles. The summed E-state index contributed by atoms with van der Waals surface area (Å²) in [5, 5.41) is 0. The highest BCUT2D eigenvalue weighted by Crippen LogP contribution is 2.24. The zero-order valence-corrected chi connectivity index (χ0v) is 22.9. The zero-order chi connectivity index (χ0) is 27.6. The van der Waals surface area contributed by atoms with Gasteiger partial charge in [-0.25, -0.2) is 4.39 Å². The third-order valence-electron chi connectivity index (χ3n) is 7.19. The van der Waals surface area contributed by atoms with Gasteiger partial charge in [0, 0.05) is 90.0 Å². The molecule has 0 fully saturated rings. The van der Waals surface area contributed by atoms with Gasteiger partial charge in [0.1, 0.15) is 5.82 Å². The maximum atomic E-state index is 13.5. The number of anilines is 2. The Morgan fingerprint density at radius 1 is 0.949 bits per heavy atom. The molecule has 7 nitrogen and oxygen atoms in total. The van der Waals surface area contributed by atoms with E-state index < -0.39 is 0 Å². The first-order chi connectivity index (χ1) is 18.9. The highest BCUT2D eigenvalue weighted by Gasteiger charge is 2.21. The lowest BCUT2D eigenvalue weighted by Crippen LogP contribution is -2.39. The van der Waals surface area contributed by atoms with Gasteiger partial charge in [-0.1, -0.05) is 24.3 Å². The van der Waals surface area contributed by atoms with E-state index in [2.05, 4.69) is 16.0 Å². The van der Waals surface area contributed by atoms with Crippen LogP contribution in [0.5, 0.6) is 0 Å². The van der Waals surface area contributed by atoms with Crippen molar-refractivity contribution >= 4 is 23.2 Å². The van der Waals surface area contributed by atoms with E-state index in [1.165, 1.54) is 12.1 Å². The van der Waals surface area contributed by atoms with Gasteiger partial charge < -0.3 is 14.7 Å². The van der Waals surface area contributed by atoms with Crippen LogP contribution in [0.3, 0.4) is 0 Å². The van der Waals surface area contributed by atoms with Crippen molar-refractivity contribution in [2.24, 2.45) is 0 Å². The molecule has 4 rings (SSSR count). The number of benzene rings is 2. The molecular weight excluding hydrogens is 493 g/mol. The monoisotopic (exact) mass is 531 g/mol. The molecule has 0 saturated heterocycles. The molecule has 0 saturated carbocycles. The minimum Gasteiger partial charge on any atom is -0.374 e. The van der Waals surface area contributed by atoms with E-state index in [-0.39, 0.29) is 17.6 Å². The first kappa shape index (κ1) is 28.2. The summed E-state index contributed by atoms with van der Waals surface area (Å²) in [6, 6.07) is 18.2. The van der Waals surface area contributed by atoms with Gasteiger partial charge in [-0.2, -0.15) is 0 Å². The van der Waals surface area contributed by atoms with Crippen molar-refractivity contribution in [2.45, 2.75) is 39.3 Å². The van der Waals surface area contributed by atoms with E-state index in [1.807, 2.05) is 58.3 Å². The topological polar surface area (TPSA) is 60.0 Å². The molecule has 8 heteroatoms. The predicted molar refractivity (Wildman–Crippen MR) is 153 cm³/mol. The van der Waals surface area contributed by atoms with Gasteiger partial charge in [0.2, 0.25) is 11.8 Å². The molecule has 2 amide bonds. The second-order valence-electron chi connectivity index (χ2n) is 10.1. The van der Waals surface area contributed by atoms with E-state index in [9.17, 15) is 14.0 Å². The lowest BCUT2D eigenvalue weighted by atomic mass is 10.1. The fourth-order valence-corrected chi connectivity index (χ4v) is 5.06. The summed E-state index contributed by atoms with van der Waals surface area (Å²) >= 11 is 0. The fraction of sp³-hybridized carbons (Fsp3) is 0.387. The maximum absolute atomic E-state index is 13.5. The van der Waals surface area contributed by atoms with Crippen molar-refractivity contribution < 1.29 is 14.0 Å². The molecule has 2 aromatic carbocycles. The van der Waals surface area contributed by atoms with Crippen LogP contribution in [0.4, 0.5) is 15.8 Å². The molecule has 1 aromatic heterocycles. The summed E-state index contributed by atoms with van der Waals surface area (Å²) in [7, 11) is 1.91. The number of carbonyl (C=O) groups is 2. The highest BCUT2D eigenvalue weighted by atomic mass is 19.1. The number of nitrogens with zero attached hydrogens (tertiary/aromatic N) is 5. The van der Waals surface area contributed by atoms with Crippen LogP contribution in [0.15, 0.2) is 73.1 Å². The summed E-state index contributed by atoms with van der Waals surface area (Å²) in [4.78, 5) is 38.6. The second kappa shape index (κ2) is 13.8. The van der Waals surface area contributed by atoms with Crippen molar-refractivity contribution in [2.75, 3.05) is 49.6 Å². The van der Waals surface area contributed by atoms with Gasteiger partial charge in [0.25, 0.3) is 0 Å². The number of amides is 2. The average molecular weight is 532 g/mol. The normalized spacial score (nSPS) is 15.2. The van der Waals surface area contributed by atoms with Crippen molar-refractivity contribution in [3.05, 3.63) is 90.0 Å². The van der Waals surface area contributed by atoms with Crippen LogP contribution >= 0.6 is 0 Å². The minimum absolute atomic E-state index is 0.00267. The molecule has 39 heavy (non-hydrogen) atoms. The molecule has 2 heterocycles. The first-order valence-electron chi connectivity index (χ1n) is 13.6. The van der Waals surface area contributed by atoms with Gasteiger partial charge >= 0.3 is 0 Å². The summed E-state index contributed by atoms with van der Waals surface area (Å²) in [6.07, 6.45) is 5.71. The Balaban J connectivity index is 1.52. The predicted octanol–water partition coefficient (Wildman–Crippen LogP) is 4.72. The second-order valence-corrected chi connectivity index (χ2v) is 10.1. The maximum Gasteiger partial charge on any atom is 0.224 e. The molecule has 0 spiro atoms. The number of para-hydroxylation sites is 1. The minimum atomic E-state index is -0.279.